The lowest BCUT2D eigenvalue weighted by atomic mass is 10.2. The Labute approximate surface area is 79.8 Å². The average molecular weight is 175 g/mol. The van der Waals surface area contributed by atoms with E-state index in [1.54, 1.807) is 0 Å². The van der Waals surface area contributed by atoms with Gasteiger partial charge in [0.05, 0.1) is 0 Å². The molecule has 13 heavy (non-hydrogen) atoms. The van der Waals surface area contributed by atoms with Crippen LogP contribution in [0.5, 0.6) is 0 Å². The van der Waals surface area contributed by atoms with Gasteiger partial charge in [-0.3, -0.25) is 0 Å². The first-order valence-electron chi connectivity index (χ1n) is 4.87. The molecule has 1 heterocycles. The highest BCUT2D eigenvalue weighted by molar-refractivity contribution is 5.37. The molecule has 0 fully saturated rings. The van der Waals surface area contributed by atoms with E-state index in [4.69, 9.17) is 0 Å². The van der Waals surface area contributed by atoms with Gasteiger partial charge in [0.15, 0.2) is 0 Å². The molecule has 0 aromatic heterocycles. The molecule has 0 saturated heterocycles. The fourth-order valence-electron chi connectivity index (χ4n) is 1.17. The van der Waals surface area contributed by atoms with Crippen LogP contribution in [0.3, 0.4) is 0 Å². The SMILES string of the molecule is C1=c2ccccc2=CNC1.CCC. The second-order valence-corrected chi connectivity index (χ2v) is 3.09. The maximum atomic E-state index is 3.16. The van der Waals surface area contributed by atoms with E-state index in [1.807, 2.05) is 0 Å². The number of fused-ring (bicyclic) bond motifs is 1. The van der Waals surface area contributed by atoms with E-state index in [0.717, 1.165) is 6.54 Å². The summed E-state index contributed by atoms with van der Waals surface area (Å²) in [5.41, 5.74) is 0. The summed E-state index contributed by atoms with van der Waals surface area (Å²) in [6, 6.07) is 8.36. The number of rotatable bonds is 0. The lowest BCUT2D eigenvalue weighted by Gasteiger charge is -2.00. The third kappa shape index (κ3) is 2.94. The molecule has 0 unspecified atom stereocenters. The predicted octanol–water partition coefficient (Wildman–Crippen LogP) is 1.22. The maximum absolute atomic E-state index is 3.16. The van der Waals surface area contributed by atoms with Crippen LogP contribution in [0.25, 0.3) is 12.3 Å². The number of hydrogen-bond acceptors (Lipinski definition) is 1. The van der Waals surface area contributed by atoms with Crippen molar-refractivity contribution in [3.63, 3.8) is 0 Å². The Bertz CT molecular complexity index is 317. The molecule has 70 valence electrons. The molecule has 0 aliphatic carbocycles. The van der Waals surface area contributed by atoms with Crippen LogP contribution >= 0.6 is 0 Å². The van der Waals surface area contributed by atoms with Crippen molar-refractivity contribution in [1.29, 1.82) is 0 Å². The smallest absolute Gasteiger partial charge is 0.0334 e. The lowest BCUT2D eigenvalue weighted by molar-refractivity contribution is 1.05. The molecule has 2 rings (SSSR count). The first-order chi connectivity index (χ1) is 6.38. The normalized spacial score (nSPS) is 12.2. The van der Waals surface area contributed by atoms with Crippen molar-refractivity contribution >= 4 is 12.3 Å². The van der Waals surface area contributed by atoms with Crippen molar-refractivity contribution in [2.24, 2.45) is 0 Å². The molecular formula is C12H17N. The molecule has 1 nitrogen and oxygen atoms in total. The van der Waals surface area contributed by atoms with E-state index in [0.29, 0.717) is 0 Å². The van der Waals surface area contributed by atoms with Crippen molar-refractivity contribution in [2.75, 3.05) is 6.54 Å². The van der Waals surface area contributed by atoms with Crippen molar-refractivity contribution in [3.05, 3.63) is 34.7 Å². The molecule has 0 saturated carbocycles. The Morgan fingerprint density at radius 2 is 1.77 bits per heavy atom. The van der Waals surface area contributed by atoms with Crippen molar-refractivity contribution in [2.45, 2.75) is 20.3 Å². The van der Waals surface area contributed by atoms with Crippen LogP contribution in [0, 0.1) is 0 Å². The molecule has 1 aliphatic rings. The zero-order valence-corrected chi connectivity index (χ0v) is 8.38. The highest BCUT2D eigenvalue weighted by Crippen LogP contribution is 1.75. The Hall–Kier alpha value is -1.24. The van der Waals surface area contributed by atoms with Crippen LogP contribution in [0.2, 0.25) is 0 Å². The van der Waals surface area contributed by atoms with E-state index in [-0.39, 0.29) is 0 Å². The summed E-state index contributed by atoms with van der Waals surface area (Å²) < 4.78 is 0. The van der Waals surface area contributed by atoms with Crippen LogP contribution in [0.15, 0.2) is 24.3 Å². The van der Waals surface area contributed by atoms with Crippen LogP contribution in [-0.2, 0) is 0 Å². The van der Waals surface area contributed by atoms with Gasteiger partial charge < -0.3 is 5.32 Å². The fourth-order valence-corrected chi connectivity index (χ4v) is 1.17. The molecule has 0 amide bonds. The highest BCUT2D eigenvalue weighted by Gasteiger charge is 1.87. The Morgan fingerprint density at radius 1 is 1.15 bits per heavy atom. The number of benzene rings is 1. The Balaban J connectivity index is 0.000000251. The van der Waals surface area contributed by atoms with Gasteiger partial charge in [0.1, 0.15) is 0 Å². The van der Waals surface area contributed by atoms with Gasteiger partial charge in [0.25, 0.3) is 0 Å². The summed E-state index contributed by atoms with van der Waals surface area (Å²) in [6.45, 7) is 5.21. The topological polar surface area (TPSA) is 12.0 Å². The zero-order chi connectivity index (χ0) is 9.52. The second-order valence-electron chi connectivity index (χ2n) is 3.09. The summed E-state index contributed by atoms with van der Waals surface area (Å²) in [5.74, 6) is 0. The van der Waals surface area contributed by atoms with E-state index in [9.17, 15) is 0 Å². The van der Waals surface area contributed by atoms with Crippen LogP contribution in [-0.4, -0.2) is 6.54 Å². The predicted molar refractivity (Wildman–Crippen MR) is 58.6 cm³/mol. The largest absolute Gasteiger partial charge is 0.387 e. The minimum atomic E-state index is 0.955. The van der Waals surface area contributed by atoms with E-state index < -0.39 is 0 Å². The van der Waals surface area contributed by atoms with Crippen molar-refractivity contribution in [1.82, 2.24) is 5.32 Å². The zero-order valence-electron chi connectivity index (χ0n) is 8.38. The summed E-state index contributed by atoms with van der Waals surface area (Å²) in [4.78, 5) is 0. The minimum absolute atomic E-state index is 0.955. The van der Waals surface area contributed by atoms with Crippen molar-refractivity contribution in [3.8, 4) is 0 Å². The average Bonchev–Trinajstić information content (AvgIpc) is 2.19. The number of hydrogen-bond donors (Lipinski definition) is 1. The van der Waals surface area contributed by atoms with Crippen LogP contribution in [0.4, 0.5) is 0 Å². The maximum Gasteiger partial charge on any atom is 0.0334 e. The fraction of sp³-hybridized carbons (Fsp3) is 0.333. The van der Waals surface area contributed by atoms with E-state index in [2.05, 4.69) is 55.7 Å². The monoisotopic (exact) mass is 175 g/mol. The van der Waals surface area contributed by atoms with Crippen LogP contribution in [0.1, 0.15) is 20.3 Å². The molecule has 1 heteroatoms. The molecule has 0 radical (unpaired) electrons. The van der Waals surface area contributed by atoms with Gasteiger partial charge in [0, 0.05) is 12.7 Å². The van der Waals surface area contributed by atoms with Gasteiger partial charge in [0.2, 0.25) is 0 Å². The lowest BCUT2D eigenvalue weighted by Crippen LogP contribution is -2.32. The van der Waals surface area contributed by atoms with Gasteiger partial charge >= 0.3 is 0 Å². The molecular weight excluding hydrogens is 158 g/mol. The molecule has 1 aromatic carbocycles. The second kappa shape index (κ2) is 5.41. The Morgan fingerprint density at radius 3 is 2.38 bits per heavy atom. The first kappa shape index (κ1) is 9.85. The molecule has 1 aliphatic heterocycles. The molecule has 0 spiro atoms. The number of nitrogens with one attached hydrogen (secondary N) is 1. The molecule has 0 bridgehead atoms. The standard InChI is InChI=1S/C9H9N.C3H8/c1-2-4-9-7-10-6-5-8(9)3-1;1-3-2/h1-5,7,10H,6H2;3H2,1-2H3. The van der Waals surface area contributed by atoms with Gasteiger partial charge in [-0.05, 0) is 10.4 Å². The van der Waals surface area contributed by atoms with Gasteiger partial charge in [-0.25, -0.2) is 0 Å². The van der Waals surface area contributed by atoms with Gasteiger partial charge in [-0.15, -0.1) is 0 Å². The summed E-state index contributed by atoms with van der Waals surface area (Å²) >= 11 is 0. The summed E-state index contributed by atoms with van der Waals surface area (Å²) in [7, 11) is 0. The third-order valence-corrected chi connectivity index (χ3v) is 1.69. The quantitative estimate of drug-likeness (QED) is 0.625. The molecule has 0 atom stereocenters. The Kier molecular flexibility index (Phi) is 4.10. The summed E-state index contributed by atoms with van der Waals surface area (Å²) in [6.07, 6.45) is 5.49. The summed E-state index contributed by atoms with van der Waals surface area (Å²) in [5, 5.41) is 5.78. The van der Waals surface area contributed by atoms with E-state index >= 15 is 0 Å². The van der Waals surface area contributed by atoms with Gasteiger partial charge in [-0.1, -0.05) is 50.6 Å². The molecule has 1 N–H and O–H groups in total. The van der Waals surface area contributed by atoms with Crippen LogP contribution < -0.4 is 15.8 Å². The molecule has 1 aromatic rings. The van der Waals surface area contributed by atoms with Gasteiger partial charge in [-0.2, -0.15) is 0 Å². The van der Waals surface area contributed by atoms with Crippen molar-refractivity contribution < 1.29 is 0 Å². The van der Waals surface area contributed by atoms with E-state index in [1.165, 1.54) is 16.9 Å². The first-order valence-corrected chi connectivity index (χ1v) is 4.87. The third-order valence-electron chi connectivity index (χ3n) is 1.69. The minimum Gasteiger partial charge on any atom is -0.387 e. The highest BCUT2D eigenvalue weighted by atomic mass is 14.8.